The van der Waals surface area contributed by atoms with Gasteiger partial charge < -0.3 is 9.64 Å². The third-order valence-corrected chi connectivity index (χ3v) is 2.88. The minimum atomic E-state index is 0.0607. The fourth-order valence-corrected chi connectivity index (χ4v) is 1.86. The summed E-state index contributed by atoms with van der Waals surface area (Å²) >= 11 is 1.50. The second kappa shape index (κ2) is 6.66. The third-order valence-electron chi connectivity index (χ3n) is 2.32. The van der Waals surface area contributed by atoms with Crippen molar-refractivity contribution >= 4 is 17.5 Å². The monoisotopic (exact) mass is 257 g/mol. The first-order chi connectivity index (χ1) is 8.10. The number of hydrogen-bond acceptors (Lipinski definition) is 5. The molecular formula is C11H19N3O2S. The van der Waals surface area contributed by atoms with Gasteiger partial charge in [-0.25, -0.2) is 0 Å². The van der Waals surface area contributed by atoms with Gasteiger partial charge in [-0.2, -0.15) is 16.9 Å². The number of ketones is 1. The van der Waals surface area contributed by atoms with Crippen LogP contribution in [0.3, 0.4) is 0 Å². The van der Waals surface area contributed by atoms with E-state index < -0.39 is 0 Å². The van der Waals surface area contributed by atoms with Crippen molar-refractivity contribution < 1.29 is 9.53 Å². The molecule has 5 nitrogen and oxygen atoms in total. The lowest BCUT2D eigenvalue weighted by Gasteiger charge is -2.11. The number of aromatic nitrogens is 2. The quantitative estimate of drug-likeness (QED) is 0.682. The van der Waals surface area contributed by atoms with E-state index in [2.05, 4.69) is 10.00 Å². The van der Waals surface area contributed by atoms with Crippen LogP contribution in [0.1, 0.15) is 10.5 Å². The van der Waals surface area contributed by atoms with Gasteiger partial charge in [0.2, 0.25) is 0 Å². The Kier molecular flexibility index (Phi) is 5.50. The molecule has 1 aromatic rings. The fourth-order valence-electron chi connectivity index (χ4n) is 1.46. The molecule has 0 radical (unpaired) electrons. The average molecular weight is 257 g/mol. The van der Waals surface area contributed by atoms with E-state index in [9.17, 15) is 4.79 Å². The fraction of sp³-hybridized carbons (Fsp3) is 0.636. The van der Waals surface area contributed by atoms with Crippen LogP contribution in [0.25, 0.3) is 0 Å². The SMILES string of the molecule is COc1cnn(CCN(C)C)c1C(=O)CSC. The van der Waals surface area contributed by atoms with E-state index in [1.807, 2.05) is 20.4 Å². The number of thioether (sulfide) groups is 1. The molecule has 0 N–H and O–H groups in total. The molecule has 0 aromatic carbocycles. The predicted molar refractivity (Wildman–Crippen MR) is 70.0 cm³/mol. The summed E-state index contributed by atoms with van der Waals surface area (Å²) < 4.78 is 6.89. The second-order valence-electron chi connectivity index (χ2n) is 3.94. The molecule has 0 saturated carbocycles. The van der Waals surface area contributed by atoms with E-state index in [0.29, 0.717) is 23.7 Å². The van der Waals surface area contributed by atoms with Gasteiger partial charge in [0.05, 0.1) is 25.6 Å². The first-order valence-electron chi connectivity index (χ1n) is 5.36. The molecule has 0 saturated heterocycles. The zero-order chi connectivity index (χ0) is 12.8. The number of ether oxygens (including phenoxy) is 1. The molecule has 0 aliphatic carbocycles. The summed E-state index contributed by atoms with van der Waals surface area (Å²) in [5, 5.41) is 4.20. The molecule has 0 aliphatic rings. The largest absolute Gasteiger partial charge is 0.493 e. The maximum Gasteiger partial charge on any atom is 0.194 e. The maximum atomic E-state index is 12.0. The highest BCUT2D eigenvalue weighted by atomic mass is 32.2. The molecule has 0 aliphatic heterocycles. The number of carbonyl (C=O) groups is 1. The van der Waals surface area contributed by atoms with Crippen LogP contribution >= 0.6 is 11.8 Å². The summed E-state index contributed by atoms with van der Waals surface area (Å²) in [6.07, 6.45) is 3.51. The summed E-state index contributed by atoms with van der Waals surface area (Å²) in [4.78, 5) is 14.0. The molecule has 0 fully saturated rings. The Morgan fingerprint density at radius 1 is 1.59 bits per heavy atom. The molecule has 0 unspecified atom stereocenters. The number of rotatable bonds is 7. The van der Waals surface area contributed by atoms with Crippen LogP contribution in [-0.2, 0) is 6.54 Å². The lowest BCUT2D eigenvalue weighted by atomic mass is 10.3. The molecule has 1 aromatic heterocycles. The summed E-state index contributed by atoms with van der Waals surface area (Å²) in [6, 6.07) is 0. The lowest BCUT2D eigenvalue weighted by Crippen LogP contribution is -2.22. The lowest BCUT2D eigenvalue weighted by molar-refractivity contribution is 0.100. The van der Waals surface area contributed by atoms with Crippen LogP contribution < -0.4 is 4.74 Å². The third kappa shape index (κ3) is 3.74. The molecule has 0 atom stereocenters. The summed E-state index contributed by atoms with van der Waals surface area (Å²) in [5.41, 5.74) is 0.573. The van der Waals surface area contributed by atoms with Gasteiger partial charge in [-0.1, -0.05) is 0 Å². The van der Waals surface area contributed by atoms with Gasteiger partial charge in [0.25, 0.3) is 0 Å². The predicted octanol–water partition coefficient (Wildman–Crippen LogP) is 0.999. The number of hydrogen-bond donors (Lipinski definition) is 0. The highest BCUT2D eigenvalue weighted by Crippen LogP contribution is 2.19. The van der Waals surface area contributed by atoms with Crippen molar-refractivity contribution in [3.63, 3.8) is 0 Å². The van der Waals surface area contributed by atoms with E-state index in [4.69, 9.17) is 4.74 Å². The summed E-state index contributed by atoms with van der Waals surface area (Å²) in [5.74, 6) is 1.07. The topological polar surface area (TPSA) is 47.4 Å². The highest BCUT2D eigenvalue weighted by molar-refractivity contribution is 7.99. The molecule has 0 bridgehead atoms. The summed E-state index contributed by atoms with van der Waals surface area (Å²) in [7, 11) is 5.54. The number of nitrogens with zero attached hydrogens (tertiary/aromatic N) is 3. The minimum absolute atomic E-state index is 0.0607. The van der Waals surface area contributed by atoms with Gasteiger partial charge in [0, 0.05) is 6.54 Å². The van der Waals surface area contributed by atoms with E-state index in [-0.39, 0.29) is 5.78 Å². The maximum absolute atomic E-state index is 12.0. The number of likely N-dealkylation sites (N-methyl/N-ethyl adjacent to an activating group) is 1. The van der Waals surface area contributed by atoms with Crippen molar-refractivity contribution in [2.45, 2.75) is 6.54 Å². The van der Waals surface area contributed by atoms with Crippen LogP contribution in [0.15, 0.2) is 6.20 Å². The Morgan fingerprint density at radius 2 is 2.29 bits per heavy atom. The van der Waals surface area contributed by atoms with Crippen molar-refractivity contribution in [1.82, 2.24) is 14.7 Å². The van der Waals surface area contributed by atoms with E-state index in [1.165, 1.54) is 11.8 Å². The molecule has 1 rings (SSSR count). The van der Waals surface area contributed by atoms with Crippen molar-refractivity contribution in [3.05, 3.63) is 11.9 Å². The van der Waals surface area contributed by atoms with Crippen molar-refractivity contribution in [2.75, 3.05) is 39.8 Å². The number of methoxy groups -OCH3 is 1. The number of Topliss-reactive ketones (excluding diaryl/α,β-unsaturated/α-hetero) is 1. The molecule has 6 heteroatoms. The minimum Gasteiger partial charge on any atom is -0.493 e. The van der Waals surface area contributed by atoms with E-state index >= 15 is 0 Å². The van der Waals surface area contributed by atoms with Gasteiger partial charge >= 0.3 is 0 Å². The van der Waals surface area contributed by atoms with Gasteiger partial charge in [-0.15, -0.1) is 0 Å². The van der Waals surface area contributed by atoms with Crippen LogP contribution in [-0.4, -0.2) is 60.2 Å². The standard InChI is InChI=1S/C11H19N3O2S/c1-13(2)5-6-14-11(9(15)8-17-4)10(16-3)7-12-14/h7H,5-6,8H2,1-4H3. The summed E-state index contributed by atoms with van der Waals surface area (Å²) in [6.45, 7) is 1.52. The molecule has 17 heavy (non-hydrogen) atoms. The first-order valence-corrected chi connectivity index (χ1v) is 6.76. The molecular weight excluding hydrogens is 238 g/mol. The normalized spacial score (nSPS) is 10.9. The molecule has 0 spiro atoms. The molecule has 1 heterocycles. The zero-order valence-corrected chi connectivity index (χ0v) is 11.6. The smallest absolute Gasteiger partial charge is 0.194 e. The van der Waals surface area contributed by atoms with Crippen molar-refractivity contribution in [3.8, 4) is 5.75 Å². The van der Waals surface area contributed by atoms with Gasteiger partial charge in [-0.05, 0) is 20.4 Å². The average Bonchev–Trinajstić information content (AvgIpc) is 2.69. The van der Waals surface area contributed by atoms with Crippen LogP contribution in [0.2, 0.25) is 0 Å². The Balaban J connectivity index is 2.89. The van der Waals surface area contributed by atoms with Gasteiger partial charge in [-0.3, -0.25) is 9.48 Å². The van der Waals surface area contributed by atoms with Gasteiger partial charge in [0.1, 0.15) is 5.69 Å². The number of carbonyl (C=O) groups excluding carboxylic acids is 1. The van der Waals surface area contributed by atoms with Crippen LogP contribution in [0, 0.1) is 0 Å². The van der Waals surface area contributed by atoms with Crippen LogP contribution in [0.5, 0.6) is 5.75 Å². The Bertz CT molecular complexity index is 377. The van der Waals surface area contributed by atoms with Crippen molar-refractivity contribution in [2.24, 2.45) is 0 Å². The second-order valence-corrected chi connectivity index (χ2v) is 4.81. The first kappa shape index (κ1) is 14.1. The van der Waals surface area contributed by atoms with Crippen molar-refractivity contribution in [1.29, 1.82) is 0 Å². The Morgan fingerprint density at radius 3 is 2.82 bits per heavy atom. The highest BCUT2D eigenvalue weighted by Gasteiger charge is 2.18. The van der Waals surface area contributed by atoms with E-state index in [0.717, 1.165) is 6.54 Å². The zero-order valence-electron chi connectivity index (χ0n) is 10.8. The molecule has 0 amide bonds. The van der Waals surface area contributed by atoms with Gasteiger partial charge in [0.15, 0.2) is 11.5 Å². The molecule has 96 valence electrons. The Hall–Kier alpha value is -1.01. The van der Waals surface area contributed by atoms with E-state index in [1.54, 1.807) is 18.0 Å². The Labute approximate surface area is 106 Å². The van der Waals surface area contributed by atoms with Crippen LogP contribution in [0.4, 0.5) is 0 Å².